The first kappa shape index (κ1) is 19.2. The van der Waals surface area contributed by atoms with E-state index in [4.69, 9.17) is 0 Å². The van der Waals surface area contributed by atoms with Crippen LogP contribution in [0.2, 0.25) is 0 Å². The first-order valence-electron chi connectivity index (χ1n) is 9.54. The molecular formula is C20H32N2OS. The maximum absolute atomic E-state index is 12.6. The van der Waals surface area contributed by atoms with Crippen LogP contribution >= 0.6 is 12.8 Å². The summed E-state index contributed by atoms with van der Waals surface area (Å²) in [7, 11) is 0. The Labute approximate surface area is 152 Å². The third-order valence-electron chi connectivity index (χ3n) is 5.00. The Bertz CT molecular complexity index is 528. The van der Waals surface area contributed by atoms with Crippen LogP contribution in [0.5, 0.6) is 0 Å². The van der Waals surface area contributed by atoms with Gasteiger partial charge in [0.15, 0.2) is 0 Å². The first-order valence-corrected chi connectivity index (χ1v) is 9.94. The molecule has 2 rings (SSSR count). The quantitative estimate of drug-likeness (QED) is 0.630. The third-order valence-corrected chi connectivity index (χ3v) is 5.38. The Morgan fingerprint density at radius 2 is 1.75 bits per heavy atom. The number of carbonyl (C=O) groups excluding carboxylic acids is 1. The van der Waals surface area contributed by atoms with Crippen molar-refractivity contribution >= 4 is 24.5 Å². The van der Waals surface area contributed by atoms with Gasteiger partial charge in [-0.1, -0.05) is 65.0 Å². The minimum atomic E-state index is -0.0871. The summed E-state index contributed by atoms with van der Waals surface area (Å²) in [6.45, 7) is 6.52. The number of anilines is 1. The van der Waals surface area contributed by atoms with E-state index in [1.807, 2.05) is 0 Å². The Morgan fingerprint density at radius 3 is 2.25 bits per heavy atom. The number of carbonyl (C=O) groups is 1. The lowest BCUT2D eigenvalue weighted by atomic mass is 9.96. The van der Waals surface area contributed by atoms with E-state index in [1.54, 1.807) is 4.31 Å². The highest BCUT2D eigenvalue weighted by Gasteiger charge is 2.23. The first-order chi connectivity index (χ1) is 11.6. The van der Waals surface area contributed by atoms with Gasteiger partial charge < -0.3 is 5.32 Å². The molecule has 1 aromatic carbocycles. The average molecular weight is 349 g/mol. The van der Waals surface area contributed by atoms with Crippen molar-refractivity contribution in [1.82, 2.24) is 5.32 Å². The highest BCUT2D eigenvalue weighted by atomic mass is 32.1. The summed E-state index contributed by atoms with van der Waals surface area (Å²) >= 11 is 4.56. The Kier molecular flexibility index (Phi) is 7.47. The summed E-state index contributed by atoms with van der Waals surface area (Å²) in [4.78, 5) is 12.6. The Hall–Kier alpha value is -1.16. The zero-order valence-corrected chi connectivity index (χ0v) is 16.3. The van der Waals surface area contributed by atoms with Gasteiger partial charge in [0, 0.05) is 6.04 Å². The molecule has 1 saturated carbocycles. The summed E-state index contributed by atoms with van der Waals surface area (Å²) in [5.41, 5.74) is 4.81. The lowest BCUT2D eigenvalue weighted by Gasteiger charge is -2.25. The van der Waals surface area contributed by atoms with Crippen molar-refractivity contribution < 1.29 is 4.79 Å². The van der Waals surface area contributed by atoms with Crippen LogP contribution in [0.15, 0.2) is 12.1 Å². The SMILES string of the molecule is CCCCc1cc(CC)c(N(S)C(=O)NC2CCCC2)c(CC)c1. The van der Waals surface area contributed by atoms with E-state index in [1.165, 1.54) is 42.4 Å². The molecule has 1 aliphatic carbocycles. The molecule has 0 aliphatic heterocycles. The van der Waals surface area contributed by atoms with Gasteiger partial charge >= 0.3 is 6.03 Å². The standard InChI is InChI=1S/C20H32N2OS/c1-4-7-10-15-13-16(5-2)19(17(6-3)14-15)22(24)20(23)21-18-11-8-9-12-18/h13-14,18,24H,4-12H2,1-3H3,(H,21,23). The average Bonchev–Trinajstić information content (AvgIpc) is 3.11. The minimum absolute atomic E-state index is 0.0871. The molecule has 24 heavy (non-hydrogen) atoms. The minimum Gasteiger partial charge on any atom is -0.334 e. The van der Waals surface area contributed by atoms with Crippen LogP contribution in [0.4, 0.5) is 10.5 Å². The largest absolute Gasteiger partial charge is 0.334 e. The summed E-state index contributed by atoms with van der Waals surface area (Å²) < 4.78 is 1.54. The fourth-order valence-electron chi connectivity index (χ4n) is 3.58. The number of rotatable bonds is 7. The predicted octanol–water partition coefficient (Wildman–Crippen LogP) is 5.46. The van der Waals surface area contributed by atoms with Gasteiger partial charge in [-0.15, -0.1) is 0 Å². The molecule has 2 amide bonds. The number of unbranched alkanes of at least 4 members (excludes halogenated alkanes) is 1. The topological polar surface area (TPSA) is 32.3 Å². The van der Waals surface area contributed by atoms with Gasteiger partial charge in [0.05, 0.1) is 5.69 Å². The summed E-state index contributed by atoms with van der Waals surface area (Å²) in [6, 6.07) is 4.74. The van der Waals surface area contributed by atoms with Gasteiger partial charge in [0.1, 0.15) is 0 Å². The molecule has 0 saturated heterocycles. The summed E-state index contributed by atoms with van der Waals surface area (Å²) in [6.07, 6.45) is 9.94. The maximum Gasteiger partial charge on any atom is 0.332 e. The Balaban J connectivity index is 2.23. The smallest absolute Gasteiger partial charge is 0.332 e. The normalized spacial score (nSPS) is 14.8. The van der Waals surface area contributed by atoms with Crippen LogP contribution in [0.1, 0.15) is 76.0 Å². The summed E-state index contributed by atoms with van der Waals surface area (Å²) in [5, 5.41) is 3.14. The van der Waals surface area contributed by atoms with Crippen molar-refractivity contribution in [3.8, 4) is 0 Å². The predicted molar refractivity (Wildman–Crippen MR) is 106 cm³/mol. The van der Waals surface area contributed by atoms with Gasteiger partial charge in [-0.2, -0.15) is 0 Å². The van der Waals surface area contributed by atoms with Crippen molar-refractivity contribution in [1.29, 1.82) is 0 Å². The van der Waals surface area contributed by atoms with E-state index >= 15 is 0 Å². The molecule has 0 atom stereocenters. The van der Waals surface area contributed by atoms with Crippen LogP contribution < -0.4 is 9.62 Å². The molecule has 4 heteroatoms. The molecule has 0 bridgehead atoms. The molecule has 0 aromatic heterocycles. The van der Waals surface area contributed by atoms with Crippen LogP contribution in [-0.4, -0.2) is 12.1 Å². The molecule has 1 aromatic rings. The zero-order chi connectivity index (χ0) is 17.5. The molecule has 1 fully saturated rings. The highest BCUT2D eigenvalue weighted by Crippen LogP contribution is 2.31. The van der Waals surface area contributed by atoms with Gasteiger partial charge in [-0.05, 0) is 55.2 Å². The second kappa shape index (κ2) is 9.36. The molecular weight excluding hydrogens is 316 g/mol. The van der Waals surface area contributed by atoms with E-state index in [0.717, 1.165) is 37.8 Å². The van der Waals surface area contributed by atoms with Crippen LogP contribution in [0, 0.1) is 0 Å². The second-order valence-corrected chi connectivity index (χ2v) is 7.22. The lowest BCUT2D eigenvalue weighted by Crippen LogP contribution is -2.40. The molecule has 1 aliphatic rings. The molecule has 0 spiro atoms. The number of nitrogens with zero attached hydrogens (tertiary/aromatic N) is 1. The second-order valence-electron chi connectivity index (χ2n) is 6.82. The number of hydrogen-bond acceptors (Lipinski definition) is 2. The molecule has 0 unspecified atom stereocenters. The number of urea groups is 1. The fourth-order valence-corrected chi connectivity index (χ4v) is 3.89. The van der Waals surface area contributed by atoms with Crippen LogP contribution in [0.3, 0.4) is 0 Å². The summed E-state index contributed by atoms with van der Waals surface area (Å²) in [5.74, 6) is 0. The number of amides is 2. The van der Waals surface area contributed by atoms with E-state index in [2.05, 4.69) is 51.0 Å². The van der Waals surface area contributed by atoms with E-state index in [9.17, 15) is 4.79 Å². The highest BCUT2D eigenvalue weighted by molar-refractivity contribution is 7.82. The maximum atomic E-state index is 12.6. The van der Waals surface area contributed by atoms with Crippen molar-refractivity contribution in [2.24, 2.45) is 0 Å². The van der Waals surface area contributed by atoms with E-state index in [0.29, 0.717) is 6.04 Å². The zero-order valence-electron chi connectivity index (χ0n) is 15.4. The van der Waals surface area contributed by atoms with Gasteiger partial charge in [-0.25, -0.2) is 9.10 Å². The van der Waals surface area contributed by atoms with Crippen molar-refractivity contribution in [3.63, 3.8) is 0 Å². The molecule has 0 heterocycles. The van der Waals surface area contributed by atoms with Gasteiger partial charge in [0.2, 0.25) is 0 Å². The van der Waals surface area contributed by atoms with E-state index in [-0.39, 0.29) is 6.03 Å². The molecule has 134 valence electrons. The number of hydrogen-bond donors (Lipinski definition) is 2. The number of nitrogens with one attached hydrogen (secondary N) is 1. The van der Waals surface area contributed by atoms with E-state index < -0.39 is 0 Å². The monoisotopic (exact) mass is 348 g/mol. The van der Waals surface area contributed by atoms with Gasteiger partial charge in [0.25, 0.3) is 0 Å². The number of aryl methyl sites for hydroxylation is 3. The van der Waals surface area contributed by atoms with Crippen LogP contribution in [0.25, 0.3) is 0 Å². The van der Waals surface area contributed by atoms with Gasteiger partial charge in [-0.3, -0.25) is 0 Å². The lowest BCUT2D eigenvalue weighted by molar-refractivity contribution is 0.246. The fraction of sp³-hybridized carbons (Fsp3) is 0.650. The molecule has 0 radical (unpaired) electrons. The third kappa shape index (κ3) is 4.69. The Morgan fingerprint density at radius 1 is 1.17 bits per heavy atom. The van der Waals surface area contributed by atoms with Crippen molar-refractivity contribution in [2.45, 2.75) is 84.6 Å². The number of thiol groups is 1. The number of benzene rings is 1. The van der Waals surface area contributed by atoms with Crippen LogP contribution in [-0.2, 0) is 19.3 Å². The van der Waals surface area contributed by atoms with Crippen molar-refractivity contribution in [2.75, 3.05) is 4.31 Å². The molecule has 3 nitrogen and oxygen atoms in total. The molecule has 1 N–H and O–H groups in total. The van der Waals surface area contributed by atoms with Crippen molar-refractivity contribution in [3.05, 3.63) is 28.8 Å².